The van der Waals surface area contributed by atoms with E-state index in [9.17, 15) is 8.78 Å². The lowest BCUT2D eigenvalue weighted by atomic mass is 10.2. The highest BCUT2D eigenvalue weighted by molar-refractivity contribution is 9.10. The van der Waals surface area contributed by atoms with Crippen molar-refractivity contribution in [3.8, 4) is 0 Å². The molecule has 0 fully saturated rings. The van der Waals surface area contributed by atoms with E-state index in [1.165, 1.54) is 0 Å². The standard InChI is InChI=1S/C10H13BrF2N2/c1-15(6-10(12)13)5-7-2-3-8(14)4-9(7)11/h2-4,10H,5-6,14H2,1H3. The number of benzene rings is 1. The summed E-state index contributed by atoms with van der Waals surface area (Å²) in [4.78, 5) is 1.57. The van der Waals surface area contributed by atoms with Gasteiger partial charge in [-0.15, -0.1) is 0 Å². The molecule has 0 aliphatic carbocycles. The first-order valence-electron chi connectivity index (χ1n) is 4.49. The predicted octanol–water partition coefficient (Wildman–Crippen LogP) is 2.73. The lowest BCUT2D eigenvalue weighted by molar-refractivity contribution is 0.0975. The molecular weight excluding hydrogens is 266 g/mol. The fraction of sp³-hybridized carbons (Fsp3) is 0.400. The van der Waals surface area contributed by atoms with Crippen molar-refractivity contribution in [1.29, 1.82) is 0 Å². The zero-order valence-electron chi connectivity index (χ0n) is 8.38. The number of nitrogens with zero attached hydrogens (tertiary/aromatic N) is 1. The van der Waals surface area contributed by atoms with Gasteiger partial charge in [0, 0.05) is 16.7 Å². The predicted molar refractivity (Wildman–Crippen MR) is 60.9 cm³/mol. The topological polar surface area (TPSA) is 29.3 Å². The minimum absolute atomic E-state index is 0.225. The van der Waals surface area contributed by atoms with Crippen LogP contribution in [-0.4, -0.2) is 24.9 Å². The summed E-state index contributed by atoms with van der Waals surface area (Å²) in [5.41, 5.74) is 7.18. The summed E-state index contributed by atoms with van der Waals surface area (Å²) < 4.78 is 25.0. The van der Waals surface area contributed by atoms with E-state index in [1.54, 1.807) is 24.1 Å². The number of hydrogen-bond donors (Lipinski definition) is 1. The van der Waals surface area contributed by atoms with Crippen LogP contribution in [0.4, 0.5) is 14.5 Å². The summed E-state index contributed by atoms with van der Waals surface area (Å²) in [5, 5.41) is 0. The number of hydrogen-bond acceptors (Lipinski definition) is 2. The molecule has 0 saturated heterocycles. The van der Waals surface area contributed by atoms with Gasteiger partial charge in [-0.3, -0.25) is 4.90 Å². The maximum atomic E-state index is 12.1. The molecule has 0 saturated carbocycles. The van der Waals surface area contributed by atoms with Gasteiger partial charge < -0.3 is 5.73 Å². The summed E-state index contributed by atoms with van der Waals surface area (Å²) in [7, 11) is 1.66. The van der Waals surface area contributed by atoms with Crippen molar-refractivity contribution in [2.45, 2.75) is 13.0 Å². The largest absolute Gasteiger partial charge is 0.399 e. The molecule has 0 unspecified atom stereocenters. The third-order valence-corrected chi connectivity index (χ3v) is 2.71. The molecule has 5 heteroatoms. The average Bonchev–Trinajstić information content (AvgIpc) is 2.08. The summed E-state index contributed by atoms with van der Waals surface area (Å²) in [6, 6.07) is 5.36. The van der Waals surface area contributed by atoms with Crippen molar-refractivity contribution in [1.82, 2.24) is 4.90 Å². The Bertz CT molecular complexity index is 331. The molecular formula is C10H13BrF2N2. The van der Waals surface area contributed by atoms with E-state index < -0.39 is 6.43 Å². The van der Waals surface area contributed by atoms with E-state index in [0.717, 1.165) is 10.0 Å². The second kappa shape index (κ2) is 5.42. The number of alkyl halides is 2. The van der Waals surface area contributed by atoms with E-state index in [0.29, 0.717) is 12.2 Å². The van der Waals surface area contributed by atoms with Crippen LogP contribution < -0.4 is 5.73 Å². The Morgan fingerprint density at radius 3 is 2.67 bits per heavy atom. The smallest absolute Gasteiger partial charge is 0.251 e. The highest BCUT2D eigenvalue weighted by atomic mass is 79.9. The van der Waals surface area contributed by atoms with Crippen LogP contribution >= 0.6 is 15.9 Å². The molecule has 2 nitrogen and oxygen atoms in total. The monoisotopic (exact) mass is 278 g/mol. The summed E-state index contributed by atoms with van der Waals surface area (Å²) in [6.45, 7) is 0.252. The Balaban J connectivity index is 2.64. The van der Waals surface area contributed by atoms with Crippen LogP contribution in [0.2, 0.25) is 0 Å². The lowest BCUT2D eigenvalue weighted by Crippen LogP contribution is -2.24. The van der Waals surface area contributed by atoms with Crippen molar-refractivity contribution in [3.63, 3.8) is 0 Å². The quantitative estimate of drug-likeness (QED) is 0.859. The SMILES string of the molecule is CN(Cc1ccc(N)cc1Br)CC(F)F. The molecule has 0 aliphatic rings. The van der Waals surface area contributed by atoms with Gasteiger partial charge in [0.1, 0.15) is 0 Å². The average molecular weight is 279 g/mol. The molecule has 2 N–H and O–H groups in total. The van der Waals surface area contributed by atoms with Gasteiger partial charge in [0.2, 0.25) is 0 Å². The molecule has 0 aromatic heterocycles. The minimum atomic E-state index is -2.30. The summed E-state index contributed by atoms with van der Waals surface area (Å²) in [5.74, 6) is 0. The Kier molecular flexibility index (Phi) is 4.47. The van der Waals surface area contributed by atoms with Gasteiger partial charge in [0.25, 0.3) is 6.43 Å². The third-order valence-electron chi connectivity index (χ3n) is 1.97. The van der Waals surface area contributed by atoms with Gasteiger partial charge in [0.05, 0.1) is 6.54 Å². The van der Waals surface area contributed by atoms with Gasteiger partial charge in [-0.25, -0.2) is 8.78 Å². The first-order chi connectivity index (χ1) is 6.99. The number of rotatable bonds is 4. The van der Waals surface area contributed by atoms with Crippen LogP contribution in [0.1, 0.15) is 5.56 Å². The second-order valence-corrected chi connectivity index (χ2v) is 4.29. The molecule has 15 heavy (non-hydrogen) atoms. The van der Waals surface area contributed by atoms with Crippen LogP contribution in [0.5, 0.6) is 0 Å². The molecule has 0 heterocycles. The van der Waals surface area contributed by atoms with Crippen LogP contribution in [-0.2, 0) is 6.54 Å². The molecule has 0 spiro atoms. The van der Waals surface area contributed by atoms with Crippen molar-refractivity contribution >= 4 is 21.6 Å². The van der Waals surface area contributed by atoms with E-state index in [-0.39, 0.29) is 6.54 Å². The molecule has 84 valence electrons. The molecule has 0 radical (unpaired) electrons. The van der Waals surface area contributed by atoms with E-state index >= 15 is 0 Å². The molecule has 0 bridgehead atoms. The molecule has 1 aromatic carbocycles. The first-order valence-corrected chi connectivity index (χ1v) is 5.29. The zero-order valence-corrected chi connectivity index (χ0v) is 9.97. The molecule has 0 atom stereocenters. The number of nitrogen functional groups attached to an aromatic ring is 1. The van der Waals surface area contributed by atoms with Crippen LogP contribution in [0.25, 0.3) is 0 Å². The number of anilines is 1. The zero-order chi connectivity index (χ0) is 11.4. The molecule has 1 aromatic rings. The van der Waals surface area contributed by atoms with Gasteiger partial charge >= 0.3 is 0 Å². The van der Waals surface area contributed by atoms with Crippen molar-refractivity contribution in [3.05, 3.63) is 28.2 Å². The number of nitrogens with two attached hydrogens (primary N) is 1. The fourth-order valence-electron chi connectivity index (χ4n) is 1.28. The van der Waals surface area contributed by atoms with Gasteiger partial charge in [-0.2, -0.15) is 0 Å². The normalized spacial score (nSPS) is 11.3. The Morgan fingerprint density at radius 2 is 2.13 bits per heavy atom. The highest BCUT2D eigenvalue weighted by Gasteiger charge is 2.09. The first kappa shape index (κ1) is 12.4. The molecule has 0 aliphatic heterocycles. The Labute approximate surface area is 96.2 Å². The Morgan fingerprint density at radius 1 is 1.47 bits per heavy atom. The maximum Gasteiger partial charge on any atom is 0.251 e. The van der Waals surface area contributed by atoms with Crippen molar-refractivity contribution in [2.24, 2.45) is 0 Å². The van der Waals surface area contributed by atoms with Gasteiger partial charge in [-0.05, 0) is 24.7 Å². The van der Waals surface area contributed by atoms with Crippen LogP contribution in [0.3, 0.4) is 0 Å². The summed E-state index contributed by atoms with van der Waals surface area (Å²) in [6.07, 6.45) is -2.30. The van der Waals surface area contributed by atoms with Crippen LogP contribution in [0, 0.1) is 0 Å². The second-order valence-electron chi connectivity index (χ2n) is 3.44. The van der Waals surface area contributed by atoms with Gasteiger partial charge in [-0.1, -0.05) is 22.0 Å². The minimum Gasteiger partial charge on any atom is -0.399 e. The molecule has 1 rings (SSSR count). The fourth-order valence-corrected chi connectivity index (χ4v) is 1.80. The highest BCUT2D eigenvalue weighted by Crippen LogP contribution is 2.21. The summed E-state index contributed by atoms with van der Waals surface area (Å²) >= 11 is 3.35. The Hall–Kier alpha value is -0.680. The van der Waals surface area contributed by atoms with Crippen LogP contribution in [0.15, 0.2) is 22.7 Å². The van der Waals surface area contributed by atoms with Crippen molar-refractivity contribution in [2.75, 3.05) is 19.3 Å². The molecule has 0 amide bonds. The number of halogens is 3. The van der Waals surface area contributed by atoms with Gasteiger partial charge in [0.15, 0.2) is 0 Å². The van der Waals surface area contributed by atoms with Crippen molar-refractivity contribution < 1.29 is 8.78 Å². The third kappa shape index (κ3) is 4.13. The van der Waals surface area contributed by atoms with E-state index in [1.807, 2.05) is 6.07 Å². The maximum absolute atomic E-state index is 12.1. The van der Waals surface area contributed by atoms with E-state index in [4.69, 9.17) is 5.73 Å². The lowest BCUT2D eigenvalue weighted by Gasteiger charge is -2.17. The van der Waals surface area contributed by atoms with E-state index in [2.05, 4.69) is 15.9 Å².